The van der Waals surface area contributed by atoms with E-state index in [4.69, 9.17) is 16.9 Å². The summed E-state index contributed by atoms with van der Waals surface area (Å²) in [7, 11) is 0. The first kappa shape index (κ1) is 16.5. The van der Waals surface area contributed by atoms with E-state index >= 15 is 0 Å². The van der Waals surface area contributed by atoms with E-state index in [-0.39, 0.29) is 12.5 Å². The van der Waals surface area contributed by atoms with Crippen LogP contribution in [0.3, 0.4) is 0 Å². The Kier molecular flexibility index (Phi) is 5.34. The summed E-state index contributed by atoms with van der Waals surface area (Å²) in [4.78, 5) is 25.3. The number of amides is 2. The maximum absolute atomic E-state index is 12.2. The van der Waals surface area contributed by atoms with E-state index in [1.807, 2.05) is 6.07 Å². The van der Waals surface area contributed by atoms with Gasteiger partial charge in [-0.2, -0.15) is 5.26 Å². The second kappa shape index (κ2) is 7.43. The minimum absolute atomic E-state index is 0.156. The molecule has 2 rings (SSSR count). The standard InChI is InChI=1S/C17H14ClN3O2/c1-12(22)21(15-8-6-14(18)7-9-15)11-17(23)20-16-5-3-2-4-13(16)10-19/h2-9H,11H2,1H3,(H,20,23). The topological polar surface area (TPSA) is 73.2 Å². The Labute approximate surface area is 139 Å². The molecular formula is C17H14ClN3O2. The third-order valence-corrected chi connectivity index (χ3v) is 3.39. The number of anilines is 2. The molecule has 0 atom stereocenters. The number of benzene rings is 2. The third kappa shape index (κ3) is 4.31. The molecule has 23 heavy (non-hydrogen) atoms. The minimum Gasteiger partial charge on any atom is -0.323 e. The molecule has 6 heteroatoms. The number of nitrogens with zero attached hydrogens (tertiary/aromatic N) is 2. The van der Waals surface area contributed by atoms with Gasteiger partial charge in [0.05, 0.1) is 11.3 Å². The van der Waals surface area contributed by atoms with Gasteiger partial charge in [0.2, 0.25) is 11.8 Å². The van der Waals surface area contributed by atoms with Crippen molar-refractivity contribution < 1.29 is 9.59 Å². The number of halogens is 1. The van der Waals surface area contributed by atoms with Gasteiger partial charge in [-0.15, -0.1) is 0 Å². The number of nitrogens with one attached hydrogen (secondary N) is 1. The summed E-state index contributed by atoms with van der Waals surface area (Å²) in [6.45, 7) is 1.22. The number of para-hydroxylation sites is 1. The molecule has 2 aromatic rings. The van der Waals surface area contributed by atoms with Gasteiger partial charge in [-0.1, -0.05) is 23.7 Å². The van der Waals surface area contributed by atoms with Gasteiger partial charge in [0.15, 0.2) is 0 Å². The number of rotatable bonds is 4. The largest absolute Gasteiger partial charge is 0.323 e. The zero-order chi connectivity index (χ0) is 16.8. The number of nitriles is 1. The Balaban J connectivity index is 2.14. The normalized spacial score (nSPS) is 9.78. The lowest BCUT2D eigenvalue weighted by molar-refractivity contribution is -0.120. The van der Waals surface area contributed by atoms with Crippen LogP contribution in [0.25, 0.3) is 0 Å². The van der Waals surface area contributed by atoms with Crippen molar-refractivity contribution in [1.29, 1.82) is 5.26 Å². The van der Waals surface area contributed by atoms with Crippen LogP contribution in [0.15, 0.2) is 48.5 Å². The van der Waals surface area contributed by atoms with E-state index in [0.717, 1.165) is 0 Å². The smallest absolute Gasteiger partial charge is 0.244 e. The Morgan fingerprint density at radius 1 is 1.17 bits per heavy atom. The molecule has 0 saturated carbocycles. The average molecular weight is 328 g/mol. The average Bonchev–Trinajstić information content (AvgIpc) is 2.54. The van der Waals surface area contributed by atoms with Crippen LogP contribution in [0.2, 0.25) is 5.02 Å². The molecule has 1 N–H and O–H groups in total. The van der Waals surface area contributed by atoms with Crippen molar-refractivity contribution in [3.05, 3.63) is 59.1 Å². The van der Waals surface area contributed by atoms with Crippen LogP contribution in [-0.2, 0) is 9.59 Å². The Bertz CT molecular complexity index is 766. The maximum atomic E-state index is 12.2. The molecule has 116 valence electrons. The van der Waals surface area contributed by atoms with Gasteiger partial charge < -0.3 is 10.2 Å². The lowest BCUT2D eigenvalue weighted by Crippen LogP contribution is -2.36. The lowest BCUT2D eigenvalue weighted by atomic mass is 10.2. The zero-order valence-corrected chi connectivity index (χ0v) is 13.2. The van der Waals surface area contributed by atoms with Gasteiger partial charge in [-0.3, -0.25) is 9.59 Å². The molecule has 2 aromatic carbocycles. The van der Waals surface area contributed by atoms with Crippen molar-refractivity contribution in [1.82, 2.24) is 0 Å². The van der Waals surface area contributed by atoms with Gasteiger partial charge in [0.25, 0.3) is 0 Å². The van der Waals surface area contributed by atoms with Crippen molar-refractivity contribution >= 4 is 34.8 Å². The van der Waals surface area contributed by atoms with Crippen LogP contribution in [0, 0.1) is 11.3 Å². The fourth-order valence-electron chi connectivity index (χ4n) is 2.03. The van der Waals surface area contributed by atoms with E-state index in [9.17, 15) is 9.59 Å². The number of carbonyl (C=O) groups is 2. The molecule has 0 saturated heterocycles. The molecule has 0 heterocycles. The monoisotopic (exact) mass is 327 g/mol. The fraction of sp³-hybridized carbons (Fsp3) is 0.118. The first-order chi connectivity index (χ1) is 11.0. The summed E-state index contributed by atoms with van der Waals surface area (Å²) >= 11 is 5.83. The predicted molar refractivity (Wildman–Crippen MR) is 89.3 cm³/mol. The van der Waals surface area contributed by atoms with Crippen LogP contribution >= 0.6 is 11.6 Å². The highest BCUT2D eigenvalue weighted by Gasteiger charge is 2.16. The van der Waals surface area contributed by atoms with Crippen molar-refractivity contribution in [2.24, 2.45) is 0 Å². The van der Waals surface area contributed by atoms with Gasteiger partial charge in [0, 0.05) is 17.6 Å². The molecule has 0 aromatic heterocycles. The van der Waals surface area contributed by atoms with Crippen LogP contribution < -0.4 is 10.2 Å². The van der Waals surface area contributed by atoms with Crippen molar-refractivity contribution in [3.8, 4) is 6.07 Å². The molecule has 0 aliphatic carbocycles. The van der Waals surface area contributed by atoms with Crippen LogP contribution in [-0.4, -0.2) is 18.4 Å². The second-order valence-corrected chi connectivity index (χ2v) is 5.22. The van der Waals surface area contributed by atoms with Gasteiger partial charge in [0.1, 0.15) is 12.6 Å². The number of carbonyl (C=O) groups excluding carboxylic acids is 2. The summed E-state index contributed by atoms with van der Waals surface area (Å²) in [5.41, 5.74) is 1.35. The SMILES string of the molecule is CC(=O)N(CC(=O)Nc1ccccc1C#N)c1ccc(Cl)cc1. The number of hydrogen-bond acceptors (Lipinski definition) is 3. The van der Waals surface area contributed by atoms with Crippen LogP contribution in [0.5, 0.6) is 0 Å². The highest BCUT2D eigenvalue weighted by atomic mass is 35.5. The minimum atomic E-state index is -0.391. The maximum Gasteiger partial charge on any atom is 0.244 e. The molecule has 0 fully saturated rings. The van der Waals surface area contributed by atoms with Crippen molar-refractivity contribution in [2.75, 3.05) is 16.8 Å². The molecular weight excluding hydrogens is 314 g/mol. The predicted octanol–water partition coefficient (Wildman–Crippen LogP) is 3.20. The quantitative estimate of drug-likeness (QED) is 0.937. The van der Waals surface area contributed by atoms with Gasteiger partial charge >= 0.3 is 0 Å². The van der Waals surface area contributed by atoms with Gasteiger partial charge in [-0.05, 0) is 36.4 Å². The van der Waals surface area contributed by atoms with E-state index in [1.165, 1.54) is 11.8 Å². The fourth-order valence-corrected chi connectivity index (χ4v) is 2.15. The molecule has 0 radical (unpaired) electrons. The Hall–Kier alpha value is -2.84. The zero-order valence-electron chi connectivity index (χ0n) is 12.4. The summed E-state index contributed by atoms with van der Waals surface area (Å²) in [5.74, 6) is -0.658. The molecule has 0 aliphatic heterocycles. The van der Waals surface area contributed by atoms with E-state index < -0.39 is 5.91 Å². The second-order valence-electron chi connectivity index (χ2n) is 4.79. The molecule has 5 nitrogen and oxygen atoms in total. The summed E-state index contributed by atoms with van der Waals surface area (Å²) in [5, 5.41) is 12.2. The third-order valence-electron chi connectivity index (χ3n) is 3.14. The van der Waals surface area contributed by atoms with Crippen LogP contribution in [0.4, 0.5) is 11.4 Å². The summed E-state index contributed by atoms with van der Waals surface area (Å²) in [6, 6.07) is 15.3. The van der Waals surface area contributed by atoms with E-state index in [1.54, 1.807) is 48.5 Å². The number of hydrogen-bond donors (Lipinski definition) is 1. The van der Waals surface area contributed by atoms with Gasteiger partial charge in [-0.25, -0.2) is 0 Å². The molecule has 0 spiro atoms. The molecule has 2 amide bonds. The first-order valence-electron chi connectivity index (χ1n) is 6.84. The summed E-state index contributed by atoms with van der Waals surface area (Å²) < 4.78 is 0. The first-order valence-corrected chi connectivity index (χ1v) is 7.21. The van der Waals surface area contributed by atoms with E-state index in [0.29, 0.717) is 22.0 Å². The van der Waals surface area contributed by atoms with Crippen molar-refractivity contribution in [3.63, 3.8) is 0 Å². The van der Waals surface area contributed by atoms with E-state index in [2.05, 4.69) is 5.32 Å². The molecule has 0 bridgehead atoms. The van der Waals surface area contributed by atoms with Crippen molar-refractivity contribution in [2.45, 2.75) is 6.92 Å². The molecule has 0 unspecified atom stereocenters. The Morgan fingerprint density at radius 3 is 2.43 bits per heavy atom. The lowest BCUT2D eigenvalue weighted by Gasteiger charge is -2.21. The Morgan fingerprint density at radius 2 is 1.83 bits per heavy atom. The van der Waals surface area contributed by atoms with Crippen LogP contribution in [0.1, 0.15) is 12.5 Å². The molecule has 0 aliphatic rings. The highest BCUT2D eigenvalue weighted by molar-refractivity contribution is 6.30. The highest BCUT2D eigenvalue weighted by Crippen LogP contribution is 2.19. The summed E-state index contributed by atoms with van der Waals surface area (Å²) in [6.07, 6.45) is 0.